The molecule has 1 amide bonds. The molecular weight excluding hydrogens is 402 g/mol. The highest BCUT2D eigenvalue weighted by Gasteiger charge is 2.37. The van der Waals surface area contributed by atoms with Gasteiger partial charge in [-0.1, -0.05) is 12.1 Å². The number of anilines is 1. The molecule has 0 saturated heterocycles. The molecule has 0 spiro atoms. The number of amides is 1. The van der Waals surface area contributed by atoms with Crippen LogP contribution in [0, 0.1) is 12.8 Å². The van der Waals surface area contributed by atoms with E-state index in [0.29, 0.717) is 42.8 Å². The molecule has 4 rings (SSSR count). The van der Waals surface area contributed by atoms with E-state index < -0.39 is 15.8 Å². The molecule has 1 aromatic carbocycles. The highest BCUT2D eigenvalue weighted by Crippen LogP contribution is 2.36. The predicted octanol–water partition coefficient (Wildman–Crippen LogP) is 3.20. The Morgan fingerprint density at radius 1 is 1.10 bits per heavy atom. The van der Waals surface area contributed by atoms with Crippen molar-refractivity contribution in [1.29, 1.82) is 0 Å². The lowest BCUT2D eigenvalue weighted by Gasteiger charge is -2.20. The summed E-state index contributed by atoms with van der Waals surface area (Å²) >= 11 is 0. The Balaban J connectivity index is 1.56. The molecule has 2 fully saturated rings. The lowest BCUT2D eigenvalue weighted by atomic mass is 9.87. The van der Waals surface area contributed by atoms with Crippen LogP contribution in [-0.4, -0.2) is 35.6 Å². The van der Waals surface area contributed by atoms with E-state index in [1.54, 1.807) is 36.4 Å². The normalized spacial score (nSPS) is 20.2. The Kier molecular flexibility index (Phi) is 5.69. The van der Waals surface area contributed by atoms with E-state index in [1.807, 2.05) is 6.92 Å². The van der Waals surface area contributed by atoms with Crippen molar-refractivity contribution < 1.29 is 18.0 Å². The monoisotopic (exact) mass is 427 g/mol. The minimum absolute atomic E-state index is 0.146. The summed E-state index contributed by atoms with van der Waals surface area (Å²) in [4.78, 5) is 25.1. The smallest absolute Gasteiger partial charge is 0.233 e. The highest BCUT2D eigenvalue weighted by molar-refractivity contribution is 7.92. The molecule has 30 heavy (non-hydrogen) atoms. The summed E-state index contributed by atoms with van der Waals surface area (Å²) in [7, 11) is -3.27. The second kappa shape index (κ2) is 8.26. The molecule has 8 heteroatoms. The molecule has 2 saturated carbocycles. The van der Waals surface area contributed by atoms with Crippen LogP contribution in [0.15, 0.2) is 41.3 Å². The van der Waals surface area contributed by atoms with Crippen LogP contribution in [0.3, 0.4) is 0 Å². The van der Waals surface area contributed by atoms with E-state index in [9.17, 15) is 18.0 Å². The summed E-state index contributed by atoms with van der Waals surface area (Å²) in [6.07, 6.45) is 3.78. The Hall–Kier alpha value is -2.61. The van der Waals surface area contributed by atoms with Gasteiger partial charge in [-0.25, -0.2) is 8.42 Å². The van der Waals surface area contributed by atoms with E-state index >= 15 is 0 Å². The lowest BCUT2D eigenvalue weighted by molar-refractivity contribution is -0.119. The third kappa shape index (κ3) is 4.59. The van der Waals surface area contributed by atoms with E-state index in [4.69, 9.17) is 0 Å². The highest BCUT2D eigenvalue weighted by atomic mass is 32.2. The first-order valence-corrected chi connectivity index (χ1v) is 11.8. The summed E-state index contributed by atoms with van der Waals surface area (Å²) in [5.74, 6) is 0.0136. The van der Waals surface area contributed by atoms with Crippen molar-refractivity contribution in [3.63, 3.8) is 0 Å². The van der Waals surface area contributed by atoms with Crippen molar-refractivity contribution >= 4 is 27.3 Å². The molecule has 2 aromatic rings. The van der Waals surface area contributed by atoms with Gasteiger partial charge < -0.3 is 5.32 Å². The summed E-state index contributed by atoms with van der Waals surface area (Å²) in [5.41, 5.74) is 1.49. The third-order valence-electron chi connectivity index (χ3n) is 5.86. The van der Waals surface area contributed by atoms with Crippen LogP contribution >= 0.6 is 0 Å². The van der Waals surface area contributed by atoms with E-state index in [0.717, 1.165) is 17.7 Å². The van der Waals surface area contributed by atoms with Crippen LogP contribution in [-0.2, 0) is 19.4 Å². The second-order valence-corrected chi connectivity index (χ2v) is 10.5. The molecule has 1 heterocycles. The molecule has 0 radical (unpaired) electrons. The van der Waals surface area contributed by atoms with Gasteiger partial charge in [-0.15, -0.1) is 5.10 Å². The lowest BCUT2D eigenvalue weighted by Crippen LogP contribution is -2.24. The van der Waals surface area contributed by atoms with Crippen molar-refractivity contribution in [3.05, 3.63) is 47.7 Å². The van der Waals surface area contributed by atoms with Gasteiger partial charge in [0.25, 0.3) is 0 Å². The van der Waals surface area contributed by atoms with E-state index in [-0.39, 0.29) is 22.9 Å². The Bertz CT molecular complexity index is 1040. The molecule has 1 N–H and O–H groups in total. The number of hydrogen-bond donors (Lipinski definition) is 1. The van der Waals surface area contributed by atoms with E-state index in [2.05, 4.69) is 15.5 Å². The van der Waals surface area contributed by atoms with Crippen LogP contribution in [0.25, 0.3) is 0 Å². The quantitative estimate of drug-likeness (QED) is 0.727. The maximum Gasteiger partial charge on any atom is 0.233 e. The van der Waals surface area contributed by atoms with Gasteiger partial charge in [-0.3, -0.25) is 9.59 Å². The van der Waals surface area contributed by atoms with Crippen molar-refractivity contribution in [2.75, 3.05) is 5.32 Å². The van der Waals surface area contributed by atoms with Gasteiger partial charge in [0.05, 0.1) is 21.8 Å². The van der Waals surface area contributed by atoms with Gasteiger partial charge in [0.2, 0.25) is 5.91 Å². The zero-order valence-corrected chi connectivity index (χ0v) is 17.7. The number of nitrogens with one attached hydrogen (secondary N) is 1. The first-order valence-electron chi connectivity index (χ1n) is 10.3. The van der Waals surface area contributed by atoms with Crippen LogP contribution in [0.4, 0.5) is 5.82 Å². The summed E-state index contributed by atoms with van der Waals surface area (Å²) < 4.78 is 24.9. The molecule has 158 valence electrons. The topological polar surface area (TPSA) is 106 Å². The van der Waals surface area contributed by atoms with Crippen molar-refractivity contribution in [2.24, 2.45) is 5.92 Å². The Labute approximate surface area is 176 Å². The number of aryl methyl sites for hydroxylation is 1. The number of hydrogen-bond acceptors (Lipinski definition) is 6. The van der Waals surface area contributed by atoms with Gasteiger partial charge in [0, 0.05) is 12.8 Å². The number of rotatable bonds is 7. The number of carbonyl (C=O) groups is 2. The number of Topliss-reactive ketones (excluding diaryl/α,β-unsaturated/α-hetero) is 1. The largest absolute Gasteiger partial charge is 0.309 e. The van der Waals surface area contributed by atoms with Crippen molar-refractivity contribution in [1.82, 2.24) is 10.2 Å². The maximum atomic E-state index is 13.1. The first-order chi connectivity index (χ1) is 14.3. The Morgan fingerprint density at radius 2 is 1.83 bits per heavy atom. The zero-order valence-electron chi connectivity index (χ0n) is 16.9. The second-order valence-electron chi connectivity index (χ2n) is 8.30. The van der Waals surface area contributed by atoms with Crippen LogP contribution in [0.2, 0.25) is 0 Å². The molecular formula is C22H25N3O4S. The molecule has 2 aliphatic rings. The molecule has 7 nitrogen and oxygen atoms in total. The van der Waals surface area contributed by atoms with Crippen LogP contribution in [0.5, 0.6) is 0 Å². The van der Waals surface area contributed by atoms with Crippen molar-refractivity contribution in [2.45, 2.75) is 61.5 Å². The average molecular weight is 428 g/mol. The SMILES string of the molecule is Cc1ccc(NC(=O)C(CC2CCC(=O)C2)c2ccc(S(=O)(=O)C3CC3)cc2)nn1. The van der Waals surface area contributed by atoms with Gasteiger partial charge in [0.15, 0.2) is 15.7 Å². The number of ketones is 1. The fourth-order valence-corrected chi connectivity index (χ4v) is 5.62. The summed E-state index contributed by atoms with van der Waals surface area (Å²) in [6, 6.07) is 10.1. The minimum Gasteiger partial charge on any atom is -0.309 e. The Morgan fingerprint density at radius 3 is 2.40 bits per heavy atom. The fraction of sp³-hybridized carbons (Fsp3) is 0.455. The fourth-order valence-electron chi connectivity index (χ4n) is 3.96. The van der Waals surface area contributed by atoms with Crippen molar-refractivity contribution in [3.8, 4) is 0 Å². The number of aromatic nitrogens is 2. The van der Waals surface area contributed by atoms with Crippen LogP contribution in [0.1, 0.15) is 55.7 Å². The number of carbonyl (C=O) groups excluding carboxylic acids is 2. The van der Waals surface area contributed by atoms with E-state index in [1.165, 1.54) is 0 Å². The minimum atomic E-state index is -3.27. The molecule has 0 aliphatic heterocycles. The molecule has 2 atom stereocenters. The average Bonchev–Trinajstić information content (AvgIpc) is 3.51. The predicted molar refractivity (Wildman–Crippen MR) is 112 cm³/mol. The zero-order chi connectivity index (χ0) is 21.3. The molecule has 2 aliphatic carbocycles. The van der Waals surface area contributed by atoms with Gasteiger partial charge >= 0.3 is 0 Å². The van der Waals surface area contributed by atoms with Gasteiger partial charge in [0.1, 0.15) is 5.78 Å². The van der Waals surface area contributed by atoms with Gasteiger partial charge in [-0.2, -0.15) is 5.10 Å². The van der Waals surface area contributed by atoms with Gasteiger partial charge in [-0.05, 0) is 68.4 Å². The summed E-state index contributed by atoms with van der Waals surface area (Å²) in [6.45, 7) is 1.82. The number of sulfone groups is 1. The maximum absolute atomic E-state index is 13.1. The summed E-state index contributed by atoms with van der Waals surface area (Å²) in [5, 5.41) is 10.5. The molecule has 0 bridgehead atoms. The third-order valence-corrected chi connectivity index (χ3v) is 8.13. The molecule has 2 unspecified atom stereocenters. The number of benzene rings is 1. The molecule has 1 aromatic heterocycles. The number of nitrogens with zero attached hydrogens (tertiary/aromatic N) is 2. The standard InChI is InChI=1S/C22H25N3O4S/c1-14-2-11-21(25-24-14)23-22(27)20(13-15-3-6-17(26)12-15)16-4-7-18(8-5-16)30(28,29)19-9-10-19/h2,4-5,7-8,11,15,19-20H,3,6,9-10,12-13H2,1H3,(H,23,25,27). The first kappa shape index (κ1) is 20.7. The van der Waals surface area contributed by atoms with Crippen LogP contribution < -0.4 is 5.32 Å².